The van der Waals surface area contributed by atoms with Gasteiger partial charge >= 0.3 is 0 Å². The first kappa shape index (κ1) is 13.7. The van der Waals surface area contributed by atoms with Crippen LogP contribution in [0.1, 0.15) is 29.3 Å². The van der Waals surface area contributed by atoms with Crippen molar-refractivity contribution in [2.75, 3.05) is 13.2 Å². The van der Waals surface area contributed by atoms with E-state index in [1.807, 2.05) is 24.3 Å². The number of H-pyrrole nitrogens is 1. The Morgan fingerprint density at radius 3 is 2.50 bits per heavy atom. The number of rotatable bonds is 3. The van der Waals surface area contributed by atoms with Crippen molar-refractivity contribution >= 4 is 28.4 Å². The highest BCUT2D eigenvalue weighted by molar-refractivity contribution is 14.1. The lowest BCUT2D eigenvalue weighted by atomic mass is 10.1. The number of nitrogens with one attached hydrogen (secondary N) is 1. The number of aromatic amines is 1. The smallest absolute Gasteiger partial charge is 0.184 e. The Balaban J connectivity index is 1.89. The zero-order valence-electron chi connectivity index (χ0n) is 10.9. The van der Waals surface area contributed by atoms with Gasteiger partial charge in [0.15, 0.2) is 12.1 Å². The molecular weight excluding hydrogens is 371 g/mol. The molecule has 1 saturated heterocycles. The standard InChI is InChI=1S/C14H13IN2O3/c1-8(18)12-11(15)13(17-16-12)9-2-4-10(5-3-9)14-19-6-7-20-14/h2-5,14H,6-7H2,1H3,(H,16,17). The average Bonchev–Trinajstić information content (AvgIpc) is 3.08. The summed E-state index contributed by atoms with van der Waals surface area (Å²) in [6.07, 6.45) is -0.268. The van der Waals surface area contributed by atoms with Crippen LogP contribution in [0.5, 0.6) is 0 Å². The van der Waals surface area contributed by atoms with Crippen LogP contribution in [0.3, 0.4) is 0 Å². The van der Waals surface area contributed by atoms with Gasteiger partial charge < -0.3 is 9.47 Å². The minimum Gasteiger partial charge on any atom is -0.346 e. The highest BCUT2D eigenvalue weighted by Gasteiger charge is 2.19. The zero-order chi connectivity index (χ0) is 14.1. The number of Topliss-reactive ketones (excluding diaryl/α,β-unsaturated/α-hetero) is 1. The fraction of sp³-hybridized carbons (Fsp3) is 0.286. The van der Waals surface area contributed by atoms with E-state index in [-0.39, 0.29) is 12.1 Å². The molecule has 1 N–H and O–H groups in total. The van der Waals surface area contributed by atoms with Gasteiger partial charge in [-0.2, -0.15) is 5.10 Å². The molecule has 1 fully saturated rings. The van der Waals surface area contributed by atoms with Crippen LogP contribution < -0.4 is 0 Å². The molecule has 0 bridgehead atoms. The van der Waals surface area contributed by atoms with Crippen molar-refractivity contribution in [2.24, 2.45) is 0 Å². The fourth-order valence-corrected chi connectivity index (χ4v) is 3.03. The molecule has 3 rings (SSSR count). The molecule has 0 unspecified atom stereocenters. The van der Waals surface area contributed by atoms with Crippen molar-refractivity contribution < 1.29 is 14.3 Å². The van der Waals surface area contributed by atoms with E-state index in [1.54, 1.807) is 0 Å². The summed E-state index contributed by atoms with van der Waals surface area (Å²) in [4.78, 5) is 11.4. The number of halogens is 1. The molecule has 20 heavy (non-hydrogen) atoms. The van der Waals surface area contributed by atoms with Crippen molar-refractivity contribution in [3.05, 3.63) is 39.1 Å². The predicted octanol–water partition coefficient (Wildman–Crippen LogP) is 2.93. The molecule has 0 aliphatic carbocycles. The Morgan fingerprint density at radius 1 is 1.30 bits per heavy atom. The third-order valence-electron chi connectivity index (χ3n) is 3.14. The molecule has 0 saturated carbocycles. The quantitative estimate of drug-likeness (QED) is 0.653. The molecule has 1 aromatic carbocycles. The van der Waals surface area contributed by atoms with E-state index in [0.29, 0.717) is 18.9 Å². The van der Waals surface area contributed by atoms with E-state index in [4.69, 9.17) is 9.47 Å². The Labute approximate surface area is 129 Å². The molecule has 2 heterocycles. The second-order valence-corrected chi connectivity index (χ2v) is 5.59. The SMILES string of the molecule is CC(=O)c1[nH]nc(-c2ccc(C3OCCO3)cc2)c1I. The number of aromatic nitrogens is 2. The number of hydrogen-bond donors (Lipinski definition) is 1. The van der Waals surface area contributed by atoms with Crippen LogP contribution in [0, 0.1) is 3.57 Å². The molecule has 1 aliphatic heterocycles. The minimum absolute atomic E-state index is 0.0162. The molecule has 0 spiro atoms. The second kappa shape index (κ2) is 5.63. The van der Waals surface area contributed by atoms with Crippen LogP contribution >= 0.6 is 22.6 Å². The number of ether oxygens (including phenoxy) is 2. The molecule has 0 radical (unpaired) electrons. The highest BCUT2D eigenvalue weighted by atomic mass is 127. The molecule has 2 aromatic rings. The van der Waals surface area contributed by atoms with E-state index in [0.717, 1.165) is 20.4 Å². The van der Waals surface area contributed by atoms with E-state index in [2.05, 4.69) is 32.8 Å². The topological polar surface area (TPSA) is 64.2 Å². The van der Waals surface area contributed by atoms with Gasteiger partial charge in [-0.3, -0.25) is 9.89 Å². The maximum absolute atomic E-state index is 11.4. The van der Waals surface area contributed by atoms with Crippen LogP contribution in [-0.4, -0.2) is 29.2 Å². The van der Waals surface area contributed by atoms with Crippen molar-refractivity contribution in [1.29, 1.82) is 0 Å². The summed E-state index contributed by atoms with van der Waals surface area (Å²) >= 11 is 2.14. The van der Waals surface area contributed by atoms with Gasteiger partial charge in [0, 0.05) is 18.1 Å². The van der Waals surface area contributed by atoms with Crippen molar-refractivity contribution in [3.8, 4) is 11.3 Å². The lowest BCUT2D eigenvalue weighted by molar-refractivity contribution is -0.0441. The third-order valence-corrected chi connectivity index (χ3v) is 4.19. The summed E-state index contributed by atoms with van der Waals surface area (Å²) in [7, 11) is 0. The van der Waals surface area contributed by atoms with Crippen LogP contribution in [0.25, 0.3) is 11.3 Å². The lowest BCUT2D eigenvalue weighted by Crippen LogP contribution is -1.97. The van der Waals surface area contributed by atoms with E-state index < -0.39 is 0 Å². The maximum Gasteiger partial charge on any atom is 0.184 e. The van der Waals surface area contributed by atoms with Gasteiger partial charge in [0.1, 0.15) is 11.4 Å². The van der Waals surface area contributed by atoms with Gasteiger partial charge in [-0.1, -0.05) is 24.3 Å². The highest BCUT2D eigenvalue weighted by Crippen LogP contribution is 2.29. The largest absolute Gasteiger partial charge is 0.346 e. The first-order chi connectivity index (χ1) is 9.66. The van der Waals surface area contributed by atoms with Gasteiger partial charge in [-0.25, -0.2) is 0 Å². The average molecular weight is 384 g/mol. The number of carbonyl (C=O) groups is 1. The monoisotopic (exact) mass is 384 g/mol. The van der Waals surface area contributed by atoms with Gasteiger partial charge in [-0.05, 0) is 22.6 Å². The molecule has 104 valence electrons. The normalized spacial score (nSPS) is 15.7. The summed E-state index contributed by atoms with van der Waals surface area (Å²) in [5, 5.41) is 7.00. The van der Waals surface area contributed by atoms with Gasteiger partial charge in [0.2, 0.25) is 0 Å². The third kappa shape index (κ3) is 2.50. The number of carbonyl (C=O) groups excluding carboxylic acids is 1. The maximum atomic E-state index is 11.4. The second-order valence-electron chi connectivity index (χ2n) is 4.51. The van der Waals surface area contributed by atoms with Crippen LogP contribution in [-0.2, 0) is 9.47 Å². The Hall–Kier alpha value is -1.25. The zero-order valence-corrected chi connectivity index (χ0v) is 13.0. The van der Waals surface area contributed by atoms with E-state index in [9.17, 15) is 4.79 Å². The van der Waals surface area contributed by atoms with Gasteiger partial charge in [0.05, 0.1) is 16.8 Å². The van der Waals surface area contributed by atoms with E-state index in [1.165, 1.54) is 6.92 Å². The molecule has 5 nitrogen and oxygen atoms in total. The van der Waals surface area contributed by atoms with Gasteiger partial charge in [-0.15, -0.1) is 0 Å². The first-order valence-electron chi connectivity index (χ1n) is 6.25. The molecule has 1 aromatic heterocycles. The fourth-order valence-electron chi connectivity index (χ4n) is 2.10. The van der Waals surface area contributed by atoms with Gasteiger partial charge in [0.25, 0.3) is 0 Å². The summed E-state index contributed by atoms with van der Waals surface area (Å²) in [6.45, 7) is 2.79. The van der Waals surface area contributed by atoms with Crippen LogP contribution in [0.4, 0.5) is 0 Å². The number of benzene rings is 1. The Morgan fingerprint density at radius 2 is 1.95 bits per heavy atom. The lowest BCUT2D eigenvalue weighted by Gasteiger charge is -2.09. The molecule has 0 amide bonds. The predicted molar refractivity (Wildman–Crippen MR) is 81.4 cm³/mol. The molecule has 1 aliphatic rings. The summed E-state index contributed by atoms with van der Waals surface area (Å²) < 4.78 is 11.8. The number of nitrogens with zero attached hydrogens (tertiary/aromatic N) is 1. The van der Waals surface area contributed by atoms with E-state index >= 15 is 0 Å². The minimum atomic E-state index is -0.268. The summed E-state index contributed by atoms with van der Waals surface area (Å²) in [6, 6.07) is 7.85. The van der Waals surface area contributed by atoms with Crippen molar-refractivity contribution in [3.63, 3.8) is 0 Å². The Bertz CT molecular complexity index is 630. The van der Waals surface area contributed by atoms with Crippen LogP contribution in [0.2, 0.25) is 0 Å². The Kier molecular flexibility index (Phi) is 3.86. The molecule has 6 heteroatoms. The molecular formula is C14H13IN2O3. The summed E-state index contributed by atoms with van der Waals surface area (Å²) in [5.41, 5.74) is 3.28. The summed E-state index contributed by atoms with van der Waals surface area (Å²) in [5.74, 6) is -0.0162. The molecule has 0 atom stereocenters. The van der Waals surface area contributed by atoms with Crippen molar-refractivity contribution in [2.45, 2.75) is 13.2 Å². The van der Waals surface area contributed by atoms with Crippen LogP contribution in [0.15, 0.2) is 24.3 Å². The number of ketones is 1. The van der Waals surface area contributed by atoms with Crippen molar-refractivity contribution in [1.82, 2.24) is 10.2 Å². The number of hydrogen-bond acceptors (Lipinski definition) is 4. The first-order valence-corrected chi connectivity index (χ1v) is 7.33.